The van der Waals surface area contributed by atoms with Crippen molar-refractivity contribution in [3.05, 3.63) is 51.2 Å². The summed E-state index contributed by atoms with van der Waals surface area (Å²) < 4.78 is 4.92. The first-order valence-corrected chi connectivity index (χ1v) is 7.59. The molecule has 0 aliphatic rings. The number of carbonyl (C=O) groups excluding carboxylic acids is 2. The molecule has 2 rings (SSSR count). The second-order valence-electron chi connectivity index (χ2n) is 4.50. The number of nitrogens with one attached hydrogen (secondary N) is 1. The zero-order chi connectivity index (χ0) is 15.2. The van der Waals surface area contributed by atoms with E-state index in [2.05, 4.69) is 5.32 Å². The highest BCUT2D eigenvalue weighted by Gasteiger charge is 2.10. The van der Waals surface area contributed by atoms with Crippen LogP contribution in [0.3, 0.4) is 0 Å². The molecule has 1 heterocycles. The summed E-state index contributed by atoms with van der Waals surface area (Å²) in [5.74, 6) is -0.849. The third-order valence-electron chi connectivity index (χ3n) is 2.69. The number of hydrogen-bond acceptors (Lipinski definition) is 4. The number of thiophene rings is 1. The minimum atomic E-state index is -0.432. The Bertz CT molecular complexity index is 640. The van der Waals surface area contributed by atoms with Crippen molar-refractivity contribution in [3.8, 4) is 0 Å². The summed E-state index contributed by atoms with van der Waals surface area (Å²) in [6, 6.07) is 7.14. The molecule has 2 aromatic rings. The van der Waals surface area contributed by atoms with E-state index in [1.165, 1.54) is 11.3 Å². The Hall–Kier alpha value is -1.85. The molecule has 0 fully saturated rings. The molecule has 0 unspecified atom stereocenters. The first-order chi connectivity index (χ1) is 10.0. The maximum Gasteiger partial charge on any atom is 0.310 e. The largest absolute Gasteiger partial charge is 0.455 e. The normalized spacial score (nSPS) is 10.2. The Morgan fingerprint density at radius 2 is 2.14 bits per heavy atom. The third-order valence-corrected chi connectivity index (χ3v) is 3.74. The Morgan fingerprint density at radius 1 is 1.33 bits per heavy atom. The quantitative estimate of drug-likeness (QED) is 0.858. The van der Waals surface area contributed by atoms with E-state index in [4.69, 9.17) is 16.3 Å². The molecular weight excluding hydrogens is 310 g/mol. The summed E-state index contributed by atoms with van der Waals surface area (Å²) in [4.78, 5) is 23.3. The lowest BCUT2D eigenvalue weighted by molar-refractivity contribution is -0.146. The molecule has 4 nitrogen and oxygen atoms in total. The van der Waals surface area contributed by atoms with E-state index in [0.29, 0.717) is 10.7 Å². The molecule has 0 atom stereocenters. The van der Waals surface area contributed by atoms with Crippen molar-refractivity contribution in [2.45, 2.75) is 13.3 Å². The minimum Gasteiger partial charge on any atom is -0.455 e. The van der Waals surface area contributed by atoms with E-state index in [9.17, 15) is 9.59 Å². The van der Waals surface area contributed by atoms with Gasteiger partial charge in [-0.25, -0.2) is 0 Å². The van der Waals surface area contributed by atoms with Crippen LogP contribution < -0.4 is 5.32 Å². The maximum absolute atomic E-state index is 11.7. The molecule has 1 N–H and O–H groups in total. The molecule has 0 spiro atoms. The van der Waals surface area contributed by atoms with E-state index < -0.39 is 11.9 Å². The molecule has 21 heavy (non-hydrogen) atoms. The van der Waals surface area contributed by atoms with E-state index in [1.54, 1.807) is 12.1 Å². The van der Waals surface area contributed by atoms with Gasteiger partial charge >= 0.3 is 5.97 Å². The lowest BCUT2D eigenvalue weighted by Gasteiger charge is -2.08. The Labute approximate surface area is 131 Å². The third kappa shape index (κ3) is 4.88. The van der Waals surface area contributed by atoms with Gasteiger partial charge in [0, 0.05) is 0 Å². The van der Waals surface area contributed by atoms with E-state index in [-0.39, 0.29) is 13.0 Å². The van der Waals surface area contributed by atoms with Gasteiger partial charge in [-0.15, -0.1) is 0 Å². The zero-order valence-electron chi connectivity index (χ0n) is 11.4. The SMILES string of the molecule is Cc1ccc(NC(=O)COC(=O)Cc2ccsc2)c(Cl)c1. The lowest BCUT2D eigenvalue weighted by Crippen LogP contribution is -2.21. The zero-order valence-corrected chi connectivity index (χ0v) is 13.0. The van der Waals surface area contributed by atoms with Gasteiger partial charge in [0.25, 0.3) is 5.91 Å². The molecule has 1 amide bonds. The van der Waals surface area contributed by atoms with Gasteiger partial charge in [0.05, 0.1) is 17.1 Å². The minimum absolute atomic E-state index is 0.169. The molecule has 1 aromatic carbocycles. The van der Waals surface area contributed by atoms with Crippen molar-refractivity contribution in [1.29, 1.82) is 0 Å². The average Bonchev–Trinajstić information content (AvgIpc) is 2.92. The van der Waals surface area contributed by atoms with E-state index in [0.717, 1.165) is 11.1 Å². The highest BCUT2D eigenvalue weighted by molar-refractivity contribution is 7.07. The van der Waals surface area contributed by atoms with Gasteiger partial charge in [-0.3, -0.25) is 9.59 Å². The monoisotopic (exact) mass is 323 g/mol. The number of ether oxygens (including phenoxy) is 1. The van der Waals surface area contributed by atoms with Gasteiger partial charge in [0.1, 0.15) is 0 Å². The summed E-state index contributed by atoms with van der Waals surface area (Å²) >= 11 is 7.52. The summed E-state index contributed by atoms with van der Waals surface area (Å²) in [7, 11) is 0. The van der Waals surface area contributed by atoms with Gasteiger partial charge < -0.3 is 10.1 Å². The summed E-state index contributed by atoms with van der Waals surface area (Å²) in [5, 5.41) is 6.81. The molecule has 0 aliphatic carbocycles. The number of rotatable bonds is 5. The molecule has 0 saturated carbocycles. The van der Waals surface area contributed by atoms with Crippen molar-refractivity contribution in [2.24, 2.45) is 0 Å². The fourth-order valence-corrected chi connectivity index (χ4v) is 2.62. The van der Waals surface area contributed by atoms with Crippen LogP contribution >= 0.6 is 22.9 Å². The van der Waals surface area contributed by atoms with Crippen LogP contribution in [0.25, 0.3) is 0 Å². The van der Waals surface area contributed by atoms with Crippen LogP contribution in [-0.4, -0.2) is 18.5 Å². The van der Waals surface area contributed by atoms with Gasteiger partial charge in [-0.05, 0) is 47.0 Å². The standard InChI is InChI=1S/C15H14ClNO3S/c1-10-2-3-13(12(16)6-10)17-14(18)8-20-15(19)7-11-4-5-21-9-11/h2-6,9H,7-8H2,1H3,(H,17,18). The molecule has 6 heteroatoms. The molecule has 1 aromatic heterocycles. The highest BCUT2D eigenvalue weighted by Crippen LogP contribution is 2.22. The second kappa shape index (κ2) is 7.24. The van der Waals surface area contributed by atoms with Crippen LogP contribution in [0.15, 0.2) is 35.0 Å². The number of esters is 1. The summed E-state index contributed by atoms with van der Waals surface area (Å²) in [6.45, 7) is 1.58. The first-order valence-electron chi connectivity index (χ1n) is 6.27. The summed E-state index contributed by atoms with van der Waals surface area (Å²) in [6.07, 6.45) is 0.169. The number of halogens is 1. The van der Waals surface area contributed by atoms with E-state index in [1.807, 2.05) is 29.8 Å². The molecule has 0 saturated heterocycles. The van der Waals surface area contributed by atoms with Gasteiger partial charge in [-0.1, -0.05) is 17.7 Å². The molecule has 0 aliphatic heterocycles. The predicted molar refractivity (Wildman–Crippen MR) is 83.8 cm³/mol. The van der Waals surface area contributed by atoms with Crippen LogP contribution in [-0.2, 0) is 20.7 Å². The molecule has 110 valence electrons. The van der Waals surface area contributed by atoms with Crippen LogP contribution in [0.1, 0.15) is 11.1 Å². The highest BCUT2D eigenvalue weighted by atomic mass is 35.5. The topological polar surface area (TPSA) is 55.4 Å². The van der Waals surface area contributed by atoms with Crippen molar-refractivity contribution in [1.82, 2.24) is 0 Å². The van der Waals surface area contributed by atoms with Crippen LogP contribution in [0.2, 0.25) is 5.02 Å². The van der Waals surface area contributed by atoms with Gasteiger partial charge in [-0.2, -0.15) is 11.3 Å². The van der Waals surface area contributed by atoms with Crippen LogP contribution in [0.4, 0.5) is 5.69 Å². The van der Waals surface area contributed by atoms with Crippen molar-refractivity contribution >= 4 is 40.5 Å². The molecule has 0 bridgehead atoms. The Balaban J connectivity index is 1.80. The number of aryl methyl sites for hydroxylation is 1. The number of anilines is 1. The second-order valence-corrected chi connectivity index (χ2v) is 5.69. The van der Waals surface area contributed by atoms with Crippen molar-refractivity contribution in [3.63, 3.8) is 0 Å². The Morgan fingerprint density at radius 3 is 2.81 bits per heavy atom. The summed E-state index contributed by atoms with van der Waals surface area (Å²) in [5.41, 5.74) is 2.38. The smallest absolute Gasteiger partial charge is 0.310 e. The number of amides is 1. The average molecular weight is 324 g/mol. The number of hydrogen-bond donors (Lipinski definition) is 1. The predicted octanol–water partition coefficient (Wildman–Crippen LogP) is 3.43. The lowest BCUT2D eigenvalue weighted by atomic mass is 10.2. The van der Waals surface area contributed by atoms with Crippen molar-refractivity contribution in [2.75, 3.05) is 11.9 Å². The van der Waals surface area contributed by atoms with Gasteiger partial charge in [0.2, 0.25) is 0 Å². The fourth-order valence-electron chi connectivity index (χ4n) is 1.66. The van der Waals surface area contributed by atoms with Crippen molar-refractivity contribution < 1.29 is 14.3 Å². The molecule has 0 radical (unpaired) electrons. The Kier molecular flexibility index (Phi) is 5.36. The number of benzene rings is 1. The van der Waals surface area contributed by atoms with Crippen LogP contribution in [0.5, 0.6) is 0 Å². The maximum atomic E-state index is 11.7. The van der Waals surface area contributed by atoms with E-state index >= 15 is 0 Å². The molecular formula is C15H14ClNO3S. The van der Waals surface area contributed by atoms with Crippen LogP contribution in [0, 0.1) is 6.92 Å². The van der Waals surface area contributed by atoms with Gasteiger partial charge in [0.15, 0.2) is 6.61 Å². The number of carbonyl (C=O) groups is 2. The fraction of sp³-hybridized carbons (Fsp3) is 0.200. The first kappa shape index (κ1) is 15.5.